The van der Waals surface area contributed by atoms with Crippen molar-refractivity contribution in [2.45, 2.75) is 19.8 Å². The van der Waals surface area contributed by atoms with Gasteiger partial charge in [0.1, 0.15) is 0 Å². The summed E-state index contributed by atoms with van der Waals surface area (Å²) in [5.41, 5.74) is 0.305. The van der Waals surface area contributed by atoms with Crippen molar-refractivity contribution >= 4 is 11.8 Å². The minimum Gasteiger partial charge on any atom is -0.275 e. The van der Waals surface area contributed by atoms with E-state index in [2.05, 4.69) is 0 Å². The Bertz CT molecular complexity index is 273. The highest BCUT2D eigenvalue weighted by Crippen LogP contribution is 2.13. The van der Waals surface area contributed by atoms with Crippen molar-refractivity contribution in [3.63, 3.8) is 0 Å². The van der Waals surface area contributed by atoms with Crippen LogP contribution in [0, 0.1) is 0 Å². The topological polar surface area (TPSA) is 37.4 Å². The van der Waals surface area contributed by atoms with Gasteiger partial charge >= 0.3 is 0 Å². The van der Waals surface area contributed by atoms with E-state index in [-0.39, 0.29) is 6.54 Å². The summed E-state index contributed by atoms with van der Waals surface area (Å²) in [7, 11) is 0. The molecule has 0 aliphatic carbocycles. The van der Waals surface area contributed by atoms with E-state index in [0.29, 0.717) is 5.57 Å². The average Bonchev–Trinajstić information content (AvgIpc) is 2.24. The lowest BCUT2D eigenvalue weighted by molar-refractivity contribution is -0.137. The van der Waals surface area contributed by atoms with Gasteiger partial charge < -0.3 is 0 Å². The van der Waals surface area contributed by atoms with E-state index < -0.39 is 24.7 Å². The van der Waals surface area contributed by atoms with Gasteiger partial charge in [0, 0.05) is 24.6 Å². The molecule has 0 atom stereocenters. The molecule has 0 unspecified atom stereocenters. The predicted molar refractivity (Wildman–Crippen MR) is 41.1 cm³/mol. The van der Waals surface area contributed by atoms with Crippen molar-refractivity contribution < 1.29 is 18.4 Å². The standard InChI is InChI=1S/C8H9F2NO2/c1-5-4-7(12)11(8(5)13)3-2-6(9)10/h4,6H,2-3H2,1H3. The van der Waals surface area contributed by atoms with Crippen LogP contribution in [-0.4, -0.2) is 29.7 Å². The quantitative estimate of drug-likeness (QED) is 0.620. The Balaban J connectivity index is 2.54. The molecule has 0 bridgehead atoms. The van der Waals surface area contributed by atoms with E-state index in [9.17, 15) is 18.4 Å². The molecule has 0 aromatic carbocycles. The summed E-state index contributed by atoms with van der Waals surface area (Å²) in [5, 5.41) is 0. The Morgan fingerprint density at radius 1 is 1.46 bits per heavy atom. The summed E-state index contributed by atoms with van der Waals surface area (Å²) in [6, 6.07) is 0. The van der Waals surface area contributed by atoms with Crippen molar-refractivity contribution in [3.8, 4) is 0 Å². The third kappa shape index (κ3) is 2.11. The Hall–Kier alpha value is -1.26. The van der Waals surface area contributed by atoms with Gasteiger partial charge in [-0.15, -0.1) is 0 Å². The molecule has 1 rings (SSSR count). The van der Waals surface area contributed by atoms with Crippen LogP contribution in [0.1, 0.15) is 13.3 Å². The first-order chi connectivity index (χ1) is 6.02. The van der Waals surface area contributed by atoms with Gasteiger partial charge in [0.25, 0.3) is 11.8 Å². The van der Waals surface area contributed by atoms with Crippen LogP contribution in [0.3, 0.4) is 0 Å². The van der Waals surface area contributed by atoms with E-state index in [0.717, 1.165) is 11.0 Å². The molecule has 0 aromatic heterocycles. The van der Waals surface area contributed by atoms with Gasteiger partial charge in [-0.05, 0) is 6.92 Å². The zero-order valence-corrected chi connectivity index (χ0v) is 7.09. The maximum atomic E-state index is 11.8. The van der Waals surface area contributed by atoms with Gasteiger partial charge in [-0.1, -0.05) is 0 Å². The largest absolute Gasteiger partial charge is 0.275 e. The number of amides is 2. The van der Waals surface area contributed by atoms with Gasteiger partial charge in [0.2, 0.25) is 6.43 Å². The molecule has 1 aliphatic rings. The second-order valence-corrected chi connectivity index (χ2v) is 2.80. The molecule has 0 saturated carbocycles. The molecule has 2 amide bonds. The molecule has 0 N–H and O–H groups in total. The van der Waals surface area contributed by atoms with Gasteiger partial charge in [-0.2, -0.15) is 0 Å². The van der Waals surface area contributed by atoms with Crippen LogP contribution in [0.2, 0.25) is 0 Å². The second-order valence-electron chi connectivity index (χ2n) is 2.80. The van der Waals surface area contributed by atoms with Crippen molar-refractivity contribution in [3.05, 3.63) is 11.6 Å². The van der Waals surface area contributed by atoms with Crippen LogP contribution in [0.5, 0.6) is 0 Å². The molecular weight excluding hydrogens is 180 g/mol. The second kappa shape index (κ2) is 3.64. The third-order valence-corrected chi connectivity index (χ3v) is 1.76. The lowest BCUT2D eigenvalue weighted by Crippen LogP contribution is -2.32. The van der Waals surface area contributed by atoms with E-state index in [1.807, 2.05) is 0 Å². The number of imide groups is 1. The first-order valence-electron chi connectivity index (χ1n) is 3.84. The van der Waals surface area contributed by atoms with Crippen molar-refractivity contribution in [2.24, 2.45) is 0 Å². The molecular formula is C8H9F2NO2. The Kier molecular flexibility index (Phi) is 2.75. The van der Waals surface area contributed by atoms with E-state index in [1.165, 1.54) is 6.92 Å². The minimum atomic E-state index is -2.48. The van der Waals surface area contributed by atoms with Crippen LogP contribution in [0.15, 0.2) is 11.6 Å². The maximum absolute atomic E-state index is 11.8. The molecule has 0 radical (unpaired) electrons. The van der Waals surface area contributed by atoms with Crippen molar-refractivity contribution in [2.75, 3.05) is 6.54 Å². The number of rotatable bonds is 3. The van der Waals surface area contributed by atoms with Crippen LogP contribution in [-0.2, 0) is 9.59 Å². The summed E-state index contributed by atoms with van der Waals surface area (Å²) < 4.78 is 23.5. The highest BCUT2D eigenvalue weighted by Gasteiger charge is 2.28. The zero-order chi connectivity index (χ0) is 10.0. The normalized spacial score (nSPS) is 17.2. The van der Waals surface area contributed by atoms with Gasteiger partial charge in [0.05, 0.1) is 0 Å². The molecule has 1 heterocycles. The monoisotopic (exact) mass is 189 g/mol. The first-order valence-corrected chi connectivity index (χ1v) is 3.84. The summed E-state index contributed by atoms with van der Waals surface area (Å²) in [6.45, 7) is 1.28. The minimum absolute atomic E-state index is 0.205. The van der Waals surface area contributed by atoms with Crippen LogP contribution >= 0.6 is 0 Å². The molecule has 5 heteroatoms. The number of carbonyl (C=O) groups is 2. The van der Waals surface area contributed by atoms with Gasteiger partial charge in [0.15, 0.2) is 0 Å². The smallest absolute Gasteiger partial charge is 0.256 e. The molecule has 0 aromatic rings. The maximum Gasteiger partial charge on any atom is 0.256 e. The zero-order valence-electron chi connectivity index (χ0n) is 7.09. The highest BCUT2D eigenvalue weighted by atomic mass is 19.3. The van der Waals surface area contributed by atoms with Crippen molar-refractivity contribution in [1.29, 1.82) is 0 Å². The molecule has 0 spiro atoms. The third-order valence-electron chi connectivity index (χ3n) is 1.76. The number of hydrogen-bond acceptors (Lipinski definition) is 2. The van der Waals surface area contributed by atoms with E-state index >= 15 is 0 Å². The molecule has 3 nitrogen and oxygen atoms in total. The Labute approximate surface area is 74.0 Å². The molecule has 1 aliphatic heterocycles. The Morgan fingerprint density at radius 2 is 2.08 bits per heavy atom. The molecule has 0 saturated heterocycles. The molecule has 72 valence electrons. The highest BCUT2D eigenvalue weighted by molar-refractivity contribution is 6.15. The number of hydrogen-bond donors (Lipinski definition) is 0. The van der Waals surface area contributed by atoms with Gasteiger partial charge in [-0.3, -0.25) is 14.5 Å². The molecule has 0 fully saturated rings. The summed E-state index contributed by atoms with van der Waals surface area (Å²) >= 11 is 0. The Morgan fingerprint density at radius 3 is 2.46 bits per heavy atom. The van der Waals surface area contributed by atoms with Crippen LogP contribution < -0.4 is 0 Å². The van der Waals surface area contributed by atoms with Crippen LogP contribution in [0.25, 0.3) is 0 Å². The van der Waals surface area contributed by atoms with Gasteiger partial charge in [-0.25, -0.2) is 8.78 Å². The number of nitrogens with zero attached hydrogens (tertiary/aromatic N) is 1. The average molecular weight is 189 g/mol. The number of carbonyl (C=O) groups excluding carboxylic acids is 2. The first kappa shape index (κ1) is 9.83. The lowest BCUT2D eigenvalue weighted by atomic mass is 10.3. The summed E-state index contributed by atoms with van der Waals surface area (Å²) in [4.78, 5) is 22.9. The summed E-state index contributed by atoms with van der Waals surface area (Å²) in [5.74, 6) is -0.964. The fourth-order valence-corrected chi connectivity index (χ4v) is 1.08. The summed E-state index contributed by atoms with van der Waals surface area (Å²) in [6.07, 6.45) is -1.78. The van der Waals surface area contributed by atoms with E-state index in [4.69, 9.17) is 0 Å². The molecule has 13 heavy (non-hydrogen) atoms. The number of halogens is 2. The fraction of sp³-hybridized carbons (Fsp3) is 0.500. The van der Waals surface area contributed by atoms with Crippen LogP contribution in [0.4, 0.5) is 8.78 Å². The predicted octanol–water partition coefficient (Wildman–Crippen LogP) is 0.957. The van der Waals surface area contributed by atoms with Crippen molar-refractivity contribution in [1.82, 2.24) is 4.90 Å². The number of alkyl halides is 2. The van der Waals surface area contributed by atoms with E-state index in [1.54, 1.807) is 0 Å². The fourth-order valence-electron chi connectivity index (χ4n) is 1.08. The lowest BCUT2D eigenvalue weighted by Gasteiger charge is -2.13. The SMILES string of the molecule is CC1=CC(=O)N(CCC(F)F)C1=O.